The first-order valence-corrected chi connectivity index (χ1v) is 9.58. The maximum Gasteiger partial charge on any atom is 0.306 e. The predicted octanol–water partition coefficient (Wildman–Crippen LogP) is 0.915. The lowest BCUT2D eigenvalue weighted by Crippen LogP contribution is -2.35. The van der Waals surface area contributed by atoms with Crippen LogP contribution in [0.5, 0.6) is 5.75 Å². The SMILES string of the molecule is COC(=O)CC(c1oc(CN2CCOCC2)cc(=O)c1O)c1cnn2cccnc12. The number of hydrogen-bond donors (Lipinski definition) is 1. The highest BCUT2D eigenvalue weighted by molar-refractivity contribution is 5.72. The fourth-order valence-electron chi connectivity index (χ4n) is 3.53. The van der Waals surface area contributed by atoms with E-state index in [-0.39, 0.29) is 12.2 Å². The van der Waals surface area contributed by atoms with Crippen LogP contribution >= 0.6 is 0 Å². The van der Waals surface area contributed by atoms with Crippen LogP contribution < -0.4 is 5.43 Å². The number of nitrogens with zero attached hydrogens (tertiary/aromatic N) is 4. The third kappa shape index (κ3) is 4.05. The molecule has 1 atom stereocenters. The molecule has 0 aliphatic carbocycles. The van der Waals surface area contributed by atoms with Crippen molar-refractivity contribution >= 4 is 11.6 Å². The summed E-state index contributed by atoms with van der Waals surface area (Å²) in [6, 6.07) is 3.00. The highest BCUT2D eigenvalue weighted by atomic mass is 16.5. The second-order valence-electron chi connectivity index (χ2n) is 7.00. The Kier molecular flexibility index (Phi) is 5.77. The number of aromatic hydroxyl groups is 1. The number of carbonyl (C=O) groups is 1. The molecule has 1 unspecified atom stereocenters. The zero-order valence-electron chi connectivity index (χ0n) is 16.5. The molecule has 4 rings (SSSR count). The Morgan fingerprint density at radius 2 is 2.17 bits per heavy atom. The molecule has 0 aromatic carbocycles. The van der Waals surface area contributed by atoms with E-state index in [4.69, 9.17) is 13.9 Å². The Balaban J connectivity index is 1.77. The van der Waals surface area contributed by atoms with Gasteiger partial charge in [-0.15, -0.1) is 0 Å². The van der Waals surface area contributed by atoms with Crippen LogP contribution in [-0.2, 0) is 20.8 Å². The molecule has 158 valence electrons. The highest BCUT2D eigenvalue weighted by Crippen LogP contribution is 2.35. The summed E-state index contributed by atoms with van der Waals surface area (Å²) in [7, 11) is 1.28. The largest absolute Gasteiger partial charge is 0.502 e. The number of rotatable bonds is 6. The highest BCUT2D eigenvalue weighted by Gasteiger charge is 2.30. The van der Waals surface area contributed by atoms with Crippen LogP contribution in [0.1, 0.15) is 29.4 Å². The molecule has 1 fully saturated rings. The van der Waals surface area contributed by atoms with Crippen molar-refractivity contribution in [3.63, 3.8) is 0 Å². The Bertz CT molecular complexity index is 1100. The van der Waals surface area contributed by atoms with Gasteiger partial charge in [0.25, 0.3) is 0 Å². The molecule has 0 amide bonds. The van der Waals surface area contributed by atoms with Crippen LogP contribution in [-0.4, -0.2) is 64.0 Å². The van der Waals surface area contributed by atoms with Crippen LogP contribution in [0, 0.1) is 0 Å². The van der Waals surface area contributed by atoms with Crippen LogP contribution in [0.25, 0.3) is 5.65 Å². The maximum absolute atomic E-state index is 12.5. The van der Waals surface area contributed by atoms with Crippen molar-refractivity contribution in [3.05, 3.63) is 58.0 Å². The summed E-state index contributed by atoms with van der Waals surface area (Å²) < 4.78 is 17.7. The maximum atomic E-state index is 12.5. The van der Waals surface area contributed by atoms with Crippen molar-refractivity contribution in [1.29, 1.82) is 0 Å². The van der Waals surface area contributed by atoms with Crippen LogP contribution in [0.3, 0.4) is 0 Å². The molecule has 0 radical (unpaired) electrons. The summed E-state index contributed by atoms with van der Waals surface area (Å²) in [5.74, 6) is -1.45. The second-order valence-corrected chi connectivity index (χ2v) is 7.00. The van der Waals surface area contributed by atoms with Gasteiger partial charge >= 0.3 is 5.97 Å². The second kappa shape index (κ2) is 8.64. The molecule has 1 saturated heterocycles. The summed E-state index contributed by atoms with van der Waals surface area (Å²) in [6.45, 7) is 3.03. The van der Waals surface area contributed by atoms with E-state index in [1.165, 1.54) is 13.2 Å². The van der Waals surface area contributed by atoms with Crippen molar-refractivity contribution in [2.24, 2.45) is 0 Å². The van der Waals surface area contributed by atoms with Gasteiger partial charge in [-0.25, -0.2) is 9.50 Å². The lowest BCUT2D eigenvalue weighted by Gasteiger charge is -2.26. The number of esters is 1. The molecule has 1 aliphatic rings. The van der Waals surface area contributed by atoms with E-state index in [9.17, 15) is 14.7 Å². The summed E-state index contributed by atoms with van der Waals surface area (Å²) in [5, 5.41) is 14.8. The lowest BCUT2D eigenvalue weighted by molar-refractivity contribution is -0.140. The van der Waals surface area contributed by atoms with E-state index < -0.39 is 23.1 Å². The smallest absolute Gasteiger partial charge is 0.306 e. The molecule has 0 bridgehead atoms. The monoisotopic (exact) mass is 414 g/mol. The Labute approximate surface area is 171 Å². The van der Waals surface area contributed by atoms with Crippen molar-refractivity contribution in [2.45, 2.75) is 18.9 Å². The van der Waals surface area contributed by atoms with Crippen molar-refractivity contribution in [1.82, 2.24) is 19.5 Å². The molecule has 0 saturated carbocycles. The molecule has 30 heavy (non-hydrogen) atoms. The van der Waals surface area contributed by atoms with Gasteiger partial charge in [-0.1, -0.05) is 0 Å². The molecule has 10 heteroatoms. The van der Waals surface area contributed by atoms with Gasteiger partial charge in [0.1, 0.15) is 5.76 Å². The normalized spacial score (nSPS) is 15.9. The van der Waals surface area contributed by atoms with Crippen LogP contribution in [0.2, 0.25) is 0 Å². The minimum Gasteiger partial charge on any atom is -0.502 e. The first kappa shape index (κ1) is 20.0. The van der Waals surface area contributed by atoms with E-state index in [1.54, 1.807) is 29.2 Å². The number of methoxy groups -OCH3 is 1. The molecule has 0 spiro atoms. The van der Waals surface area contributed by atoms with E-state index >= 15 is 0 Å². The standard InChI is InChI=1S/C20H22N4O6/c1-28-17(26)10-14(15-11-22-24-4-2-3-21-20(15)24)19-18(27)16(25)9-13(30-19)12-23-5-7-29-8-6-23/h2-4,9,11,14,27H,5-8,10,12H2,1H3. The zero-order valence-corrected chi connectivity index (χ0v) is 16.5. The van der Waals surface area contributed by atoms with E-state index in [0.29, 0.717) is 49.8 Å². The molecule has 1 N–H and O–H groups in total. The lowest BCUT2D eigenvalue weighted by atomic mass is 9.94. The molecule has 3 aromatic rings. The average molecular weight is 414 g/mol. The Hall–Kier alpha value is -3.24. The summed E-state index contributed by atoms with van der Waals surface area (Å²) in [6.07, 6.45) is 4.71. The van der Waals surface area contributed by atoms with Gasteiger partial charge in [-0.2, -0.15) is 5.10 Å². The molecular formula is C20H22N4O6. The van der Waals surface area contributed by atoms with Crippen LogP contribution in [0.4, 0.5) is 0 Å². The van der Waals surface area contributed by atoms with Crippen LogP contribution in [0.15, 0.2) is 39.9 Å². The molecule has 3 aromatic heterocycles. The van der Waals surface area contributed by atoms with Gasteiger partial charge in [-0.05, 0) is 6.07 Å². The number of hydrogen-bond acceptors (Lipinski definition) is 9. The van der Waals surface area contributed by atoms with Gasteiger partial charge in [-0.3, -0.25) is 14.5 Å². The number of carbonyl (C=O) groups excluding carboxylic acids is 1. The van der Waals surface area contributed by atoms with E-state index in [2.05, 4.69) is 15.0 Å². The summed E-state index contributed by atoms with van der Waals surface area (Å²) in [5.41, 5.74) is 0.466. The fourth-order valence-corrected chi connectivity index (χ4v) is 3.53. The van der Waals surface area contributed by atoms with Gasteiger partial charge < -0.3 is 19.0 Å². The van der Waals surface area contributed by atoms with Crippen molar-refractivity contribution < 1.29 is 23.8 Å². The molecule has 4 heterocycles. The number of fused-ring (bicyclic) bond motifs is 1. The average Bonchev–Trinajstić information content (AvgIpc) is 3.19. The zero-order chi connectivity index (χ0) is 21.1. The Morgan fingerprint density at radius 3 is 2.93 bits per heavy atom. The third-order valence-electron chi connectivity index (χ3n) is 5.08. The van der Waals surface area contributed by atoms with Crippen molar-refractivity contribution in [2.75, 3.05) is 33.4 Å². The fraction of sp³-hybridized carbons (Fsp3) is 0.400. The Morgan fingerprint density at radius 1 is 1.37 bits per heavy atom. The predicted molar refractivity (Wildman–Crippen MR) is 104 cm³/mol. The van der Waals surface area contributed by atoms with Gasteiger partial charge in [0.15, 0.2) is 11.4 Å². The number of ether oxygens (including phenoxy) is 2. The molecular weight excluding hydrogens is 392 g/mol. The number of aromatic nitrogens is 3. The van der Waals surface area contributed by atoms with Gasteiger partial charge in [0.05, 0.1) is 45.4 Å². The van der Waals surface area contributed by atoms with Gasteiger partial charge in [0.2, 0.25) is 11.2 Å². The van der Waals surface area contributed by atoms with E-state index in [1.807, 2.05) is 0 Å². The number of morpholine rings is 1. The quantitative estimate of drug-likeness (QED) is 0.587. The van der Waals surface area contributed by atoms with Crippen molar-refractivity contribution in [3.8, 4) is 5.75 Å². The first-order chi connectivity index (χ1) is 14.6. The topological polar surface area (TPSA) is 119 Å². The first-order valence-electron chi connectivity index (χ1n) is 9.58. The molecule has 10 nitrogen and oxygen atoms in total. The summed E-state index contributed by atoms with van der Waals surface area (Å²) >= 11 is 0. The third-order valence-corrected chi connectivity index (χ3v) is 5.08. The summed E-state index contributed by atoms with van der Waals surface area (Å²) in [4.78, 5) is 31.0. The minimum atomic E-state index is -0.790. The van der Waals surface area contributed by atoms with E-state index in [0.717, 1.165) is 0 Å². The molecule has 1 aliphatic heterocycles. The minimum absolute atomic E-state index is 0.00304. The van der Waals surface area contributed by atoms with Gasteiger partial charge in [0, 0.05) is 37.1 Å².